The fourth-order valence-electron chi connectivity index (χ4n) is 2.25. The van der Waals surface area contributed by atoms with Crippen LogP contribution < -0.4 is 0 Å². The molecule has 0 spiro atoms. The van der Waals surface area contributed by atoms with Gasteiger partial charge in [0.1, 0.15) is 0 Å². The second kappa shape index (κ2) is 3.35. The van der Waals surface area contributed by atoms with Crippen molar-refractivity contribution in [1.82, 2.24) is 0 Å². The number of aliphatic hydroxyl groups is 1. The molecule has 1 aromatic rings. The summed E-state index contributed by atoms with van der Waals surface area (Å²) in [5.74, 6) is -1.21. The van der Waals surface area contributed by atoms with Crippen LogP contribution in [0.4, 0.5) is 0 Å². The number of benzene rings is 1. The van der Waals surface area contributed by atoms with Gasteiger partial charge in [-0.25, -0.2) is 0 Å². The zero-order chi connectivity index (χ0) is 11.1. The largest absolute Gasteiger partial charge is 0.481 e. The van der Waals surface area contributed by atoms with Gasteiger partial charge in [-0.1, -0.05) is 24.3 Å². The molecule has 1 saturated carbocycles. The van der Waals surface area contributed by atoms with Gasteiger partial charge in [-0.2, -0.15) is 0 Å². The molecule has 0 radical (unpaired) electrons. The van der Waals surface area contributed by atoms with E-state index in [1.807, 2.05) is 31.2 Å². The lowest BCUT2D eigenvalue weighted by atomic mass is 9.66. The average Bonchev–Trinajstić information content (AvgIpc) is 2.13. The van der Waals surface area contributed by atoms with E-state index in [1.54, 1.807) is 0 Å². The van der Waals surface area contributed by atoms with Gasteiger partial charge < -0.3 is 10.2 Å². The number of aryl methyl sites for hydroxylation is 1. The lowest BCUT2D eigenvalue weighted by Crippen LogP contribution is -2.44. The van der Waals surface area contributed by atoms with Gasteiger partial charge in [-0.3, -0.25) is 4.79 Å². The van der Waals surface area contributed by atoms with Crippen LogP contribution in [0, 0.1) is 12.8 Å². The van der Waals surface area contributed by atoms with E-state index in [0.29, 0.717) is 12.8 Å². The molecule has 15 heavy (non-hydrogen) atoms. The molecule has 0 amide bonds. The van der Waals surface area contributed by atoms with Crippen LogP contribution in [-0.2, 0) is 10.4 Å². The molecule has 3 heteroatoms. The molecule has 0 atom stereocenters. The van der Waals surface area contributed by atoms with Crippen LogP contribution in [0.15, 0.2) is 24.3 Å². The monoisotopic (exact) mass is 206 g/mol. The van der Waals surface area contributed by atoms with Crippen molar-refractivity contribution in [3.8, 4) is 0 Å². The van der Waals surface area contributed by atoms with E-state index in [9.17, 15) is 9.90 Å². The molecule has 1 fully saturated rings. The van der Waals surface area contributed by atoms with E-state index in [0.717, 1.165) is 11.1 Å². The van der Waals surface area contributed by atoms with Gasteiger partial charge in [0.25, 0.3) is 0 Å². The second-order valence-corrected chi connectivity index (χ2v) is 4.29. The maximum atomic E-state index is 10.7. The van der Waals surface area contributed by atoms with Gasteiger partial charge in [-0.05, 0) is 30.9 Å². The summed E-state index contributed by atoms with van der Waals surface area (Å²) in [7, 11) is 0. The Balaban J connectivity index is 2.20. The molecule has 0 bridgehead atoms. The minimum atomic E-state index is -0.922. The van der Waals surface area contributed by atoms with Gasteiger partial charge in [0.15, 0.2) is 0 Å². The summed E-state index contributed by atoms with van der Waals surface area (Å²) >= 11 is 0. The minimum Gasteiger partial charge on any atom is -0.481 e. The van der Waals surface area contributed by atoms with Gasteiger partial charge >= 0.3 is 5.97 Å². The second-order valence-electron chi connectivity index (χ2n) is 4.29. The Morgan fingerprint density at radius 2 is 2.00 bits per heavy atom. The highest BCUT2D eigenvalue weighted by atomic mass is 16.4. The summed E-state index contributed by atoms with van der Waals surface area (Å²) in [6.45, 7) is 1.93. The molecule has 80 valence electrons. The smallest absolute Gasteiger partial charge is 0.306 e. The Morgan fingerprint density at radius 3 is 2.53 bits per heavy atom. The number of hydrogen-bond donors (Lipinski definition) is 2. The number of rotatable bonds is 2. The van der Waals surface area contributed by atoms with Crippen molar-refractivity contribution in [3.63, 3.8) is 0 Å². The zero-order valence-corrected chi connectivity index (χ0v) is 8.60. The van der Waals surface area contributed by atoms with Crippen LogP contribution in [0.5, 0.6) is 0 Å². The lowest BCUT2D eigenvalue weighted by molar-refractivity contribution is -0.159. The van der Waals surface area contributed by atoms with Crippen molar-refractivity contribution < 1.29 is 15.0 Å². The van der Waals surface area contributed by atoms with Gasteiger partial charge in [0, 0.05) is 0 Å². The number of aliphatic carboxylic acids is 1. The van der Waals surface area contributed by atoms with Crippen LogP contribution in [0.3, 0.4) is 0 Å². The third-order valence-electron chi connectivity index (χ3n) is 3.16. The van der Waals surface area contributed by atoms with Crippen LogP contribution in [0.2, 0.25) is 0 Å². The van der Waals surface area contributed by atoms with Crippen molar-refractivity contribution in [3.05, 3.63) is 35.4 Å². The molecule has 0 aliphatic heterocycles. The quantitative estimate of drug-likeness (QED) is 0.774. The van der Waals surface area contributed by atoms with Crippen molar-refractivity contribution in [2.24, 2.45) is 5.92 Å². The van der Waals surface area contributed by atoms with E-state index in [4.69, 9.17) is 5.11 Å². The predicted molar refractivity (Wildman–Crippen MR) is 55.4 cm³/mol. The van der Waals surface area contributed by atoms with E-state index in [-0.39, 0.29) is 0 Å². The average molecular weight is 206 g/mol. The van der Waals surface area contributed by atoms with Crippen LogP contribution in [0.25, 0.3) is 0 Å². The third kappa shape index (κ3) is 1.63. The molecular weight excluding hydrogens is 192 g/mol. The van der Waals surface area contributed by atoms with Gasteiger partial charge in [0.05, 0.1) is 11.5 Å². The SMILES string of the molecule is Cc1ccccc1C1(O)CC(C(=O)O)C1. The van der Waals surface area contributed by atoms with E-state index >= 15 is 0 Å². The Labute approximate surface area is 88.4 Å². The molecule has 2 rings (SSSR count). The standard InChI is InChI=1S/C12H14O3/c1-8-4-2-3-5-10(8)12(15)6-9(7-12)11(13)14/h2-5,9,15H,6-7H2,1H3,(H,13,14). The number of hydrogen-bond acceptors (Lipinski definition) is 2. The molecule has 3 nitrogen and oxygen atoms in total. The summed E-state index contributed by atoms with van der Waals surface area (Å²) in [5.41, 5.74) is 0.959. The highest BCUT2D eigenvalue weighted by molar-refractivity contribution is 5.72. The molecule has 1 aliphatic carbocycles. The minimum absolute atomic E-state index is 0.327. The van der Waals surface area contributed by atoms with Crippen LogP contribution >= 0.6 is 0 Å². The summed E-state index contributed by atoms with van der Waals surface area (Å²) in [6.07, 6.45) is 0.653. The first-order chi connectivity index (χ1) is 7.03. The molecule has 1 aliphatic rings. The first kappa shape index (κ1) is 10.2. The van der Waals surface area contributed by atoms with E-state index < -0.39 is 17.5 Å². The van der Waals surface area contributed by atoms with Crippen LogP contribution in [0.1, 0.15) is 24.0 Å². The van der Waals surface area contributed by atoms with Crippen molar-refractivity contribution in [2.45, 2.75) is 25.4 Å². The highest BCUT2D eigenvalue weighted by Crippen LogP contribution is 2.46. The first-order valence-corrected chi connectivity index (χ1v) is 5.04. The Morgan fingerprint density at radius 1 is 1.40 bits per heavy atom. The molecule has 1 aromatic carbocycles. The summed E-state index contributed by atoms with van der Waals surface area (Å²) < 4.78 is 0. The number of carboxylic acid groups (broad SMARTS) is 1. The third-order valence-corrected chi connectivity index (χ3v) is 3.16. The van der Waals surface area contributed by atoms with Crippen molar-refractivity contribution in [1.29, 1.82) is 0 Å². The Hall–Kier alpha value is -1.35. The Bertz CT molecular complexity index is 392. The molecule has 2 N–H and O–H groups in total. The normalized spacial score (nSPS) is 29.6. The zero-order valence-electron chi connectivity index (χ0n) is 8.60. The maximum absolute atomic E-state index is 10.7. The highest BCUT2D eigenvalue weighted by Gasteiger charge is 2.47. The molecular formula is C12H14O3. The molecule has 0 unspecified atom stereocenters. The number of carboxylic acids is 1. The first-order valence-electron chi connectivity index (χ1n) is 5.04. The topological polar surface area (TPSA) is 57.5 Å². The molecule has 0 saturated heterocycles. The fraction of sp³-hybridized carbons (Fsp3) is 0.417. The van der Waals surface area contributed by atoms with Gasteiger partial charge in [-0.15, -0.1) is 0 Å². The summed E-state index contributed by atoms with van der Waals surface area (Å²) in [5, 5.41) is 19.0. The van der Waals surface area contributed by atoms with E-state index in [1.165, 1.54) is 0 Å². The summed E-state index contributed by atoms with van der Waals surface area (Å²) in [4.78, 5) is 10.7. The van der Waals surface area contributed by atoms with Crippen molar-refractivity contribution in [2.75, 3.05) is 0 Å². The number of carbonyl (C=O) groups is 1. The Kier molecular flexibility index (Phi) is 2.27. The molecule has 0 aromatic heterocycles. The van der Waals surface area contributed by atoms with Crippen molar-refractivity contribution >= 4 is 5.97 Å². The lowest BCUT2D eigenvalue weighted by Gasteiger charge is -2.42. The summed E-state index contributed by atoms with van der Waals surface area (Å²) in [6, 6.07) is 7.58. The maximum Gasteiger partial charge on any atom is 0.306 e. The fourth-order valence-corrected chi connectivity index (χ4v) is 2.25. The molecule has 0 heterocycles. The van der Waals surface area contributed by atoms with E-state index in [2.05, 4.69) is 0 Å². The van der Waals surface area contributed by atoms with Gasteiger partial charge in [0.2, 0.25) is 0 Å². The van der Waals surface area contributed by atoms with Crippen LogP contribution in [-0.4, -0.2) is 16.2 Å². The predicted octanol–water partition coefficient (Wildman–Crippen LogP) is 1.68.